The molecule has 5 atom stereocenters. The van der Waals surface area contributed by atoms with Crippen molar-refractivity contribution in [3.8, 4) is 0 Å². The van der Waals surface area contributed by atoms with E-state index in [1.807, 2.05) is 13.8 Å². The van der Waals surface area contributed by atoms with Gasteiger partial charge in [0.25, 0.3) is 5.92 Å². The number of hydrogen-bond donors (Lipinski definition) is 2. The lowest BCUT2D eigenvalue weighted by Crippen LogP contribution is -2.44. The van der Waals surface area contributed by atoms with Crippen LogP contribution in [0, 0.1) is 11.8 Å². The largest absolute Gasteiger partial charge is 0.389 e. The predicted molar refractivity (Wildman–Crippen MR) is 55.2 cm³/mol. The third kappa shape index (κ3) is 1.41. The minimum atomic E-state index is -2.91. The zero-order valence-corrected chi connectivity index (χ0v) is 9.77. The Morgan fingerprint density at radius 2 is 1.81 bits per heavy atom. The molecule has 2 heterocycles. The van der Waals surface area contributed by atoms with Crippen LogP contribution >= 0.6 is 0 Å². The summed E-state index contributed by atoms with van der Waals surface area (Å²) in [4.78, 5) is 1.59. The van der Waals surface area contributed by atoms with E-state index in [0.29, 0.717) is 0 Å². The van der Waals surface area contributed by atoms with Gasteiger partial charge in [0.05, 0.1) is 6.10 Å². The second-order valence-electron chi connectivity index (χ2n) is 5.43. The van der Waals surface area contributed by atoms with Crippen LogP contribution < -0.4 is 0 Å². The van der Waals surface area contributed by atoms with E-state index in [2.05, 4.69) is 0 Å². The molecule has 0 aromatic heterocycles. The summed E-state index contributed by atoms with van der Waals surface area (Å²) in [5, 5.41) is 19.6. The van der Waals surface area contributed by atoms with Crippen LogP contribution in [-0.2, 0) is 0 Å². The van der Waals surface area contributed by atoms with Crippen molar-refractivity contribution in [2.45, 2.75) is 51.0 Å². The lowest BCUT2D eigenvalue weighted by atomic mass is 9.93. The van der Waals surface area contributed by atoms with Crippen molar-refractivity contribution < 1.29 is 19.0 Å². The Morgan fingerprint density at radius 1 is 1.25 bits per heavy atom. The summed E-state index contributed by atoms with van der Waals surface area (Å²) in [5.41, 5.74) is 0. The molecule has 0 bridgehead atoms. The maximum Gasteiger partial charge on any atom is 0.269 e. The van der Waals surface area contributed by atoms with Gasteiger partial charge >= 0.3 is 0 Å². The van der Waals surface area contributed by atoms with Crippen LogP contribution in [0.15, 0.2) is 0 Å². The third-order valence-electron chi connectivity index (χ3n) is 3.98. The number of aliphatic hydroxyl groups excluding tert-OH is 2. The van der Waals surface area contributed by atoms with Crippen molar-refractivity contribution in [1.29, 1.82) is 0 Å². The summed E-state index contributed by atoms with van der Waals surface area (Å²) in [5.74, 6) is -3.62. The quantitative estimate of drug-likeness (QED) is 0.703. The smallest absolute Gasteiger partial charge is 0.269 e. The number of rotatable bonds is 1. The normalized spacial score (nSPS) is 47.6. The van der Waals surface area contributed by atoms with E-state index in [1.165, 1.54) is 6.92 Å². The molecule has 2 aliphatic rings. The minimum absolute atomic E-state index is 0.0516. The molecule has 0 aromatic rings. The zero-order valence-electron chi connectivity index (χ0n) is 9.77. The summed E-state index contributed by atoms with van der Waals surface area (Å²) in [6.07, 6.45) is -2.41. The fourth-order valence-electron chi connectivity index (χ4n) is 3.16. The van der Waals surface area contributed by atoms with Crippen molar-refractivity contribution in [1.82, 2.24) is 4.90 Å². The number of halogens is 2. The second kappa shape index (κ2) is 3.62. The van der Waals surface area contributed by atoms with Crippen LogP contribution in [0.25, 0.3) is 0 Å². The lowest BCUT2D eigenvalue weighted by Gasteiger charge is -2.27. The zero-order chi connectivity index (χ0) is 12.2. The number of alkyl halides is 2. The fourth-order valence-corrected chi connectivity index (χ4v) is 3.16. The number of fused-ring (bicyclic) bond motifs is 1. The Kier molecular flexibility index (Phi) is 2.76. The van der Waals surface area contributed by atoms with E-state index in [1.54, 1.807) is 4.90 Å². The van der Waals surface area contributed by atoms with Gasteiger partial charge in [-0.15, -0.1) is 0 Å². The van der Waals surface area contributed by atoms with Gasteiger partial charge < -0.3 is 10.2 Å². The minimum Gasteiger partial charge on any atom is -0.389 e. The molecule has 2 N–H and O–H groups in total. The Bertz CT molecular complexity index is 285. The Morgan fingerprint density at radius 3 is 2.31 bits per heavy atom. The summed E-state index contributed by atoms with van der Waals surface area (Å²) >= 11 is 0. The monoisotopic (exact) mass is 235 g/mol. The fraction of sp³-hybridized carbons (Fsp3) is 1.00. The summed E-state index contributed by atoms with van der Waals surface area (Å²) in [7, 11) is 0. The third-order valence-corrected chi connectivity index (χ3v) is 3.98. The first kappa shape index (κ1) is 12.2. The maximum absolute atomic E-state index is 13.8. The van der Waals surface area contributed by atoms with Crippen LogP contribution in [-0.4, -0.2) is 51.9 Å². The second-order valence-corrected chi connectivity index (χ2v) is 5.43. The van der Waals surface area contributed by atoms with Crippen molar-refractivity contribution in [3.05, 3.63) is 0 Å². The van der Waals surface area contributed by atoms with Crippen LogP contribution in [0.2, 0.25) is 0 Å². The highest BCUT2D eigenvalue weighted by molar-refractivity contribution is 5.12. The average Bonchev–Trinajstić information content (AvgIpc) is 2.50. The van der Waals surface area contributed by atoms with E-state index >= 15 is 0 Å². The molecular weight excluding hydrogens is 216 g/mol. The highest BCUT2D eigenvalue weighted by atomic mass is 19.3. The number of hydrogen-bond acceptors (Lipinski definition) is 3. The van der Waals surface area contributed by atoms with Crippen molar-refractivity contribution >= 4 is 0 Å². The molecule has 0 aromatic carbocycles. The molecule has 0 unspecified atom stereocenters. The molecule has 2 saturated heterocycles. The van der Waals surface area contributed by atoms with E-state index in [9.17, 15) is 19.0 Å². The van der Waals surface area contributed by atoms with Gasteiger partial charge in [-0.25, -0.2) is 8.78 Å². The van der Waals surface area contributed by atoms with Crippen molar-refractivity contribution in [3.63, 3.8) is 0 Å². The molecule has 3 nitrogen and oxygen atoms in total. The van der Waals surface area contributed by atoms with Gasteiger partial charge in [-0.3, -0.25) is 4.90 Å². The highest BCUT2D eigenvalue weighted by Gasteiger charge is 2.65. The van der Waals surface area contributed by atoms with Crippen molar-refractivity contribution in [2.75, 3.05) is 6.54 Å². The van der Waals surface area contributed by atoms with Crippen LogP contribution in [0.1, 0.15) is 20.8 Å². The van der Waals surface area contributed by atoms with Gasteiger partial charge in [-0.2, -0.15) is 0 Å². The highest BCUT2D eigenvalue weighted by Crippen LogP contribution is 2.47. The topological polar surface area (TPSA) is 43.7 Å². The molecule has 94 valence electrons. The van der Waals surface area contributed by atoms with Crippen LogP contribution in [0.3, 0.4) is 0 Å². The molecule has 5 heteroatoms. The Balaban J connectivity index is 2.32. The molecular formula is C11H19F2NO2. The lowest BCUT2D eigenvalue weighted by molar-refractivity contribution is -0.0939. The first-order valence-corrected chi connectivity index (χ1v) is 5.78. The number of nitrogens with zero attached hydrogens (tertiary/aromatic N) is 1. The average molecular weight is 235 g/mol. The van der Waals surface area contributed by atoms with Crippen LogP contribution in [0.4, 0.5) is 8.78 Å². The summed E-state index contributed by atoms with van der Waals surface area (Å²) < 4.78 is 27.7. The Hall–Kier alpha value is -0.260. The number of aliphatic hydroxyl groups is 2. The molecule has 0 amide bonds. The summed E-state index contributed by atoms with van der Waals surface area (Å²) in [6.45, 7) is 5.50. The molecule has 2 aliphatic heterocycles. The molecule has 0 saturated carbocycles. The van der Waals surface area contributed by atoms with Crippen LogP contribution in [0.5, 0.6) is 0 Å². The Labute approximate surface area is 94.1 Å². The van der Waals surface area contributed by atoms with E-state index < -0.39 is 30.1 Å². The van der Waals surface area contributed by atoms with Gasteiger partial charge in [0.15, 0.2) is 0 Å². The predicted octanol–water partition coefficient (Wildman–Crippen LogP) is 0.702. The molecule has 0 spiro atoms. The van der Waals surface area contributed by atoms with Gasteiger partial charge in [0.2, 0.25) is 0 Å². The first-order chi connectivity index (χ1) is 7.28. The van der Waals surface area contributed by atoms with Gasteiger partial charge in [-0.1, -0.05) is 20.8 Å². The molecule has 0 radical (unpaired) electrons. The maximum atomic E-state index is 13.8. The molecule has 0 aliphatic carbocycles. The van der Waals surface area contributed by atoms with Gasteiger partial charge in [0, 0.05) is 18.5 Å². The van der Waals surface area contributed by atoms with E-state index in [-0.39, 0.29) is 18.5 Å². The molecule has 2 fully saturated rings. The summed E-state index contributed by atoms with van der Waals surface area (Å²) in [6, 6.07) is -1.58. The molecule has 2 rings (SSSR count). The van der Waals surface area contributed by atoms with Gasteiger partial charge in [0.1, 0.15) is 12.1 Å². The van der Waals surface area contributed by atoms with Crippen molar-refractivity contribution in [2.24, 2.45) is 11.8 Å². The van der Waals surface area contributed by atoms with Gasteiger partial charge in [-0.05, 0) is 5.92 Å². The first-order valence-electron chi connectivity index (χ1n) is 5.78. The SMILES string of the molecule is CC(C)[C@H]1[C@H](O)[C@@H](O)[C@H]2N1C[C@@H](C)C2(F)F. The standard InChI is InChI=1S/C11H19F2NO2/c1-5(2)7-8(15)9(16)10-11(12,13)6(3)4-14(7)10/h5-10,15-16H,4H2,1-3H3/t6-,7+,8+,9-,10-/m1/s1. The molecule has 16 heavy (non-hydrogen) atoms. The van der Waals surface area contributed by atoms with E-state index in [4.69, 9.17) is 0 Å². The van der Waals surface area contributed by atoms with E-state index in [0.717, 1.165) is 0 Å².